The molecule has 0 aliphatic carbocycles. The highest BCUT2D eigenvalue weighted by molar-refractivity contribution is 7.09. The summed E-state index contributed by atoms with van der Waals surface area (Å²) in [7, 11) is 3.95. The highest BCUT2D eigenvalue weighted by atomic mass is 32.1. The summed E-state index contributed by atoms with van der Waals surface area (Å²) in [5.41, 5.74) is 9.27. The van der Waals surface area contributed by atoms with E-state index in [4.69, 9.17) is 5.73 Å². The summed E-state index contributed by atoms with van der Waals surface area (Å²) >= 11 is 2.97. The Labute approximate surface area is 184 Å². The molecule has 0 saturated heterocycles. The Bertz CT molecular complexity index is 968. The number of carbonyl (C=O) groups excluding carboxylic acids is 2. The quantitative estimate of drug-likeness (QED) is 0.486. The van der Waals surface area contributed by atoms with Crippen LogP contribution in [0.2, 0.25) is 0 Å². The van der Waals surface area contributed by atoms with Crippen LogP contribution in [0.1, 0.15) is 15.9 Å². The van der Waals surface area contributed by atoms with Crippen molar-refractivity contribution in [1.82, 2.24) is 9.80 Å². The molecule has 0 spiro atoms. The maximum absolute atomic E-state index is 12.7. The van der Waals surface area contributed by atoms with Crippen molar-refractivity contribution < 1.29 is 9.59 Å². The second kappa shape index (κ2) is 10.2. The van der Waals surface area contributed by atoms with E-state index >= 15 is 0 Å². The van der Waals surface area contributed by atoms with Crippen molar-refractivity contribution in [3.63, 3.8) is 0 Å². The van der Waals surface area contributed by atoms with E-state index in [0.29, 0.717) is 30.0 Å². The van der Waals surface area contributed by atoms with Gasteiger partial charge in [-0.1, -0.05) is 12.1 Å². The van der Waals surface area contributed by atoms with Crippen molar-refractivity contribution in [3.8, 4) is 0 Å². The van der Waals surface area contributed by atoms with E-state index in [1.807, 2.05) is 48.0 Å². The van der Waals surface area contributed by atoms with Crippen LogP contribution >= 0.6 is 22.7 Å². The minimum absolute atomic E-state index is 0.148. The van der Waals surface area contributed by atoms with Crippen LogP contribution in [-0.2, 0) is 6.54 Å². The van der Waals surface area contributed by atoms with Crippen molar-refractivity contribution in [1.29, 1.82) is 0 Å². The number of benzene rings is 1. The fourth-order valence-electron chi connectivity index (χ4n) is 2.70. The number of thiophene rings is 2. The number of likely N-dealkylation sites (N-methyl/N-ethyl adjacent to an activating group) is 1. The first-order valence-corrected chi connectivity index (χ1v) is 11.3. The van der Waals surface area contributed by atoms with Gasteiger partial charge in [-0.2, -0.15) is 11.3 Å². The van der Waals surface area contributed by atoms with Gasteiger partial charge in [0.25, 0.3) is 5.91 Å². The molecule has 0 aliphatic heterocycles. The van der Waals surface area contributed by atoms with Gasteiger partial charge in [-0.25, -0.2) is 4.79 Å². The molecule has 30 heavy (non-hydrogen) atoms. The molecule has 0 saturated carbocycles. The fourth-order valence-corrected chi connectivity index (χ4v) is 3.96. The maximum Gasteiger partial charge on any atom is 0.322 e. The van der Waals surface area contributed by atoms with Crippen molar-refractivity contribution in [2.24, 2.45) is 0 Å². The third kappa shape index (κ3) is 6.06. The number of carbonyl (C=O) groups is 2. The number of amides is 3. The SMILES string of the molecule is CN(C)CCN(Cc1ccc(C(=O)Nc2cscc2N)cc1)C(=O)Nc1ccsc1. The second-order valence-electron chi connectivity index (χ2n) is 7.06. The third-order valence-electron chi connectivity index (χ3n) is 4.41. The van der Waals surface area contributed by atoms with E-state index in [0.717, 1.165) is 17.8 Å². The number of nitrogens with two attached hydrogens (primary N) is 1. The van der Waals surface area contributed by atoms with Crippen LogP contribution in [0.5, 0.6) is 0 Å². The van der Waals surface area contributed by atoms with E-state index in [2.05, 4.69) is 10.6 Å². The van der Waals surface area contributed by atoms with E-state index in [-0.39, 0.29) is 11.9 Å². The van der Waals surface area contributed by atoms with Gasteiger partial charge in [-0.05, 0) is 43.2 Å². The number of anilines is 3. The predicted octanol–water partition coefficient (Wildman–Crippen LogP) is 4.24. The third-order valence-corrected chi connectivity index (χ3v) is 5.85. The molecule has 9 heteroatoms. The molecule has 7 nitrogen and oxygen atoms in total. The molecular formula is C21H25N5O2S2. The number of nitrogens with one attached hydrogen (secondary N) is 2. The molecule has 4 N–H and O–H groups in total. The lowest BCUT2D eigenvalue weighted by Gasteiger charge is -2.24. The summed E-state index contributed by atoms with van der Waals surface area (Å²) in [5, 5.41) is 13.1. The molecule has 2 aromatic heterocycles. The summed E-state index contributed by atoms with van der Waals surface area (Å²) in [6.07, 6.45) is 0. The molecule has 1 aromatic carbocycles. The van der Waals surface area contributed by atoms with Crippen LogP contribution in [-0.4, -0.2) is 48.9 Å². The zero-order chi connectivity index (χ0) is 21.5. The lowest BCUT2D eigenvalue weighted by molar-refractivity contribution is 0.102. The fraction of sp³-hybridized carbons (Fsp3) is 0.238. The average molecular weight is 444 g/mol. The first-order valence-electron chi connectivity index (χ1n) is 9.37. The lowest BCUT2D eigenvalue weighted by atomic mass is 10.1. The molecule has 0 aliphatic rings. The molecule has 0 unspecified atom stereocenters. The van der Waals surface area contributed by atoms with Crippen molar-refractivity contribution in [3.05, 3.63) is 63.0 Å². The zero-order valence-electron chi connectivity index (χ0n) is 16.9. The minimum Gasteiger partial charge on any atom is -0.396 e. The molecule has 3 amide bonds. The van der Waals surface area contributed by atoms with Crippen molar-refractivity contribution in [2.75, 3.05) is 43.6 Å². The number of hydrogen-bond acceptors (Lipinski definition) is 6. The van der Waals surface area contributed by atoms with Crippen molar-refractivity contribution in [2.45, 2.75) is 6.54 Å². The predicted molar refractivity (Wildman–Crippen MR) is 125 cm³/mol. The van der Waals surface area contributed by atoms with Crippen molar-refractivity contribution >= 4 is 51.7 Å². The summed E-state index contributed by atoms with van der Waals surface area (Å²) in [6.45, 7) is 1.78. The number of nitrogens with zero attached hydrogens (tertiary/aromatic N) is 2. The van der Waals surface area contributed by atoms with Gasteiger partial charge < -0.3 is 26.2 Å². The van der Waals surface area contributed by atoms with E-state index in [9.17, 15) is 9.59 Å². The highest BCUT2D eigenvalue weighted by Gasteiger charge is 2.15. The standard InChI is InChI=1S/C21H25N5O2S2/c1-25(2)8-9-26(21(28)23-17-7-10-29-12-17)11-15-3-5-16(6-4-15)20(27)24-19-14-30-13-18(19)22/h3-7,10,12-14H,8-9,11,22H2,1-2H3,(H,23,28)(H,24,27). The zero-order valence-corrected chi connectivity index (χ0v) is 18.6. The maximum atomic E-state index is 12.7. The molecule has 0 radical (unpaired) electrons. The van der Waals surface area contributed by atoms with Gasteiger partial charge in [0, 0.05) is 41.3 Å². The van der Waals surface area contributed by atoms with Crippen LogP contribution in [0, 0.1) is 0 Å². The van der Waals surface area contributed by atoms with Gasteiger partial charge in [0.2, 0.25) is 0 Å². The number of rotatable bonds is 8. The molecule has 0 atom stereocenters. The first kappa shape index (κ1) is 21.8. The van der Waals surface area contributed by atoms with Gasteiger partial charge in [0.15, 0.2) is 0 Å². The Hall–Kier alpha value is -2.88. The molecule has 3 aromatic rings. The van der Waals surface area contributed by atoms with Gasteiger partial charge >= 0.3 is 6.03 Å². The monoisotopic (exact) mass is 443 g/mol. The van der Waals surface area contributed by atoms with Gasteiger partial charge in [0.1, 0.15) is 0 Å². The van der Waals surface area contributed by atoms with E-state index in [1.54, 1.807) is 27.8 Å². The van der Waals surface area contributed by atoms with Crippen LogP contribution in [0.3, 0.4) is 0 Å². The smallest absolute Gasteiger partial charge is 0.322 e. The topological polar surface area (TPSA) is 90.7 Å². The van der Waals surface area contributed by atoms with Crippen LogP contribution in [0.4, 0.5) is 21.9 Å². The highest BCUT2D eigenvalue weighted by Crippen LogP contribution is 2.23. The summed E-state index contributed by atoms with van der Waals surface area (Å²) in [4.78, 5) is 29.0. The Kier molecular flexibility index (Phi) is 7.45. The first-order chi connectivity index (χ1) is 14.4. The molecule has 2 heterocycles. The number of urea groups is 1. The van der Waals surface area contributed by atoms with Crippen LogP contribution in [0.15, 0.2) is 51.9 Å². The van der Waals surface area contributed by atoms with Crippen LogP contribution < -0.4 is 16.4 Å². The molecule has 158 valence electrons. The largest absolute Gasteiger partial charge is 0.396 e. The average Bonchev–Trinajstić information content (AvgIpc) is 3.37. The van der Waals surface area contributed by atoms with Gasteiger partial charge in [-0.15, -0.1) is 11.3 Å². The molecule has 3 rings (SSSR count). The number of nitrogen functional groups attached to an aromatic ring is 1. The summed E-state index contributed by atoms with van der Waals surface area (Å²) < 4.78 is 0. The minimum atomic E-state index is -0.216. The van der Waals surface area contributed by atoms with Crippen LogP contribution in [0.25, 0.3) is 0 Å². The molecule has 0 bridgehead atoms. The van der Waals surface area contributed by atoms with E-state index in [1.165, 1.54) is 22.7 Å². The Morgan fingerprint density at radius 3 is 2.33 bits per heavy atom. The molecular weight excluding hydrogens is 418 g/mol. The van der Waals surface area contributed by atoms with Gasteiger partial charge in [-0.3, -0.25) is 4.79 Å². The van der Waals surface area contributed by atoms with E-state index < -0.39 is 0 Å². The summed E-state index contributed by atoms with van der Waals surface area (Å²) in [6, 6.07) is 8.98. The Morgan fingerprint density at radius 1 is 0.967 bits per heavy atom. The second-order valence-corrected chi connectivity index (χ2v) is 8.58. The Morgan fingerprint density at radius 2 is 1.73 bits per heavy atom. The Balaban J connectivity index is 1.65. The van der Waals surface area contributed by atoms with Gasteiger partial charge in [0.05, 0.1) is 17.1 Å². The number of hydrogen-bond donors (Lipinski definition) is 3. The normalized spacial score (nSPS) is 10.8. The summed E-state index contributed by atoms with van der Waals surface area (Å²) in [5.74, 6) is -0.216. The lowest BCUT2D eigenvalue weighted by Crippen LogP contribution is -2.38. The molecule has 0 fully saturated rings.